The largest absolute Gasteiger partial charge is 0.416 e. The van der Waals surface area contributed by atoms with Gasteiger partial charge in [-0.25, -0.2) is 4.39 Å². The lowest BCUT2D eigenvalue weighted by atomic mass is 9.89. The van der Waals surface area contributed by atoms with Gasteiger partial charge in [0.15, 0.2) is 0 Å². The number of hydrogen-bond donors (Lipinski definition) is 1. The highest BCUT2D eigenvalue weighted by molar-refractivity contribution is 5.83. The minimum atomic E-state index is -4.58. The summed E-state index contributed by atoms with van der Waals surface area (Å²) in [6, 6.07) is 7.92. The summed E-state index contributed by atoms with van der Waals surface area (Å²) in [6.45, 7) is 6.03. The van der Waals surface area contributed by atoms with E-state index in [1.54, 1.807) is 12.1 Å². The van der Waals surface area contributed by atoms with E-state index in [0.29, 0.717) is 11.6 Å². The third kappa shape index (κ3) is 3.16. The van der Waals surface area contributed by atoms with Crippen molar-refractivity contribution in [2.24, 2.45) is 0 Å². The van der Waals surface area contributed by atoms with Crippen molar-refractivity contribution in [1.29, 1.82) is 0 Å². The molecule has 0 bridgehead atoms. The Balaban J connectivity index is 2.10. The normalized spacial score (nSPS) is 16.2. The van der Waals surface area contributed by atoms with Crippen LogP contribution in [0.4, 0.5) is 23.2 Å². The van der Waals surface area contributed by atoms with E-state index in [1.165, 1.54) is 0 Å². The highest BCUT2D eigenvalue weighted by Crippen LogP contribution is 2.38. The average Bonchev–Trinajstić information content (AvgIpc) is 2.44. The van der Waals surface area contributed by atoms with E-state index < -0.39 is 17.6 Å². The molecule has 3 rings (SSSR count). The molecule has 0 atom stereocenters. The second kappa shape index (κ2) is 5.36. The van der Waals surface area contributed by atoms with Crippen molar-refractivity contribution in [2.75, 3.05) is 5.32 Å². The molecule has 0 saturated carbocycles. The molecular weight excluding hydrogens is 318 g/mol. The first-order chi connectivity index (χ1) is 11.0. The SMILES string of the molecule is CC1=CC(C)(C)Nc2ccc(-c3cc(F)cc(C(F)(F)F)c3)cc21. The van der Waals surface area contributed by atoms with Crippen molar-refractivity contribution in [2.45, 2.75) is 32.5 Å². The minimum absolute atomic E-state index is 0.194. The second-order valence-electron chi connectivity index (χ2n) is 6.66. The van der Waals surface area contributed by atoms with Gasteiger partial charge in [-0.05, 0) is 67.8 Å². The molecule has 1 aliphatic heterocycles. The number of anilines is 1. The van der Waals surface area contributed by atoms with Crippen LogP contribution < -0.4 is 5.32 Å². The number of allylic oxidation sites excluding steroid dienone is 1. The fourth-order valence-corrected chi connectivity index (χ4v) is 3.08. The highest BCUT2D eigenvalue weighted by atomic mass is 19.4. The standard InChI is InChI=1S/C19H17F4N/c1-11-10-18(2,3)24-17-5-4-12(8-16(11)17)13-6-14(19(21,22)23)9-15(20)7-13/h4-10,24H,1-3H3. The zero-order chi connectivity index (χ0) is 17.7. The smallest absolute Gasteiger partial charge is 0.376 e. The van der Waals surface area contributed by atoms with Crippen LogP contribution in [0.25, 0.3) is 16.7 Å². The van der Waals surface area contributed by atoms with E-state index >= 15 is 0 Å². The Labute approximate surface area is 138 Å². The van der Waals surface area contributed by atoms with Crippen molar-refractivity contribution in [1.82, 2.24) is 0 Å². The number of hydrogen-bond acceptors (Lipinski definition) is 1. The molecule has 0 aliphatic carbocycles. The van der Waals surface area contributed by atoms with Crippen LogP contribution in [-0.4, -0.2) is 5.54 Å². The molecule has 0 saturated heterocycles. The monoisotopic (exact) mass is 335 g/mol. The zero-order valence-corrected chi connectivity index (χ0v) is 13.6. The topological polar surface area (TPSA) is 12.0 Å². The quantitative estimate of drug-likeness (QED) is 0.619. The molecule has 0 fully saturated rings. The molecule has 1 heterocycles. The third-order valence-corrected chi connectivity index (χ3v) is 4.04. The molecule has 2 aromatic carbocycles. The van der Waals surface area contributed by atoms with Crippen molar-refractivity contribution < 1.29 is 17.6 Å². The maximum atomic E-state index is 13.6. The third-order valence-electron chi connectivity index (χ3n) is 4.04. The Hall–Kier alpha value is -2.30. The maximum Gasteiger partial charge on any atom is 0.416 e. The summed E-state index contributed by atoms with van der Waals surface area (Å²) in [6.07, 6.45) is -2.52. The number of nitrogens with one attached hydrogen (secondary N) is 1. The highest BCUT2D eigenvalue weighted by Gasteiger charge is 2.31. The molecule has 0 amide bonds. The van der Waals surface area contributed by atoms with E-state index in [1.807, 2.05) is 26.8 Å². The van der Waals surface area contributed by atoms with Crippen molar-refractivity contribution in [3.63, 3.8) is 0 Å². The van der Waals surface area contributed by atoms with Crippen molar-refractivity contribution >= 4 is 11.3 Å². The van der Waals surface area contributed by atoms with Crippen molar-refractivity contribution in [3.05, 3.63) is 59.4 Å². The van der Waals surface area contributed by atoms with Crippen LogP contribution in [0.5, 0.6) is 0 Å². The van der Waals surface area contributed by atoms with E-state index in [-0.39, 0.29) is 11.1 Å². The van der Waals surface area contributed by atoms with Gasteiger partial charge in [0.05, 0.1) is 11.1 Å². The predicted octanol–water partition coefficient (Wildman–Crippen LogP) is 6.12. The Bertz CT molecular complexity index is 832. The van der Waals surface area contributed by atoms with E-state index in [4.69, 9.17) is 0 Å². The molecule has 0 radical (unpaired) electrons. The summed E-state index contributed by atoms with van der Waals surface area (Å²) in [7, 11) is 0. The maximum absolute atomic E-state index is 13.6. The van der Waals surface area contributed by atoms with E-state index in [9.17, 15) is 17.6 Å². The summed E-state index contributed by atoms with van der Waals surface area (Å²) in [5.74, 6) is -0.899. The van der Waals surface area contributed by atoms with E-state index in [2.05, 4.69) is 11.4 Å². The van der Waals surface area contributed by atoms with Crippen LogP contribution in [0.2, 0.25) is 0 Å². The molecule has 2 aromatic rings. The van der Waals surface area contributed by atoms with Gasteiger partial charge >= 0.3 is 6.18 Å². The van der Waals surface area contributed by atoms with Gasteiger partial charge in [0.25, 0.3) is 0 Å². The average molecular weight is 335 g/mol. The first-order valence-electron chi connectivity index (χ1n) is 7.55. The predicted molar refractivity (Wildman–Crippen MR) is 88.2 cm³/mol. The molecular formula is C19H17F4N. The lowest BCUT2D eigenvalue weighted by molar-refractivity contribution is -0.137. The summed E-state index contributed by atoms with van der Waals surface area (Å²) in [5, 5.41) is 3.36. The summed E-state index contributed by atoms with van der Waals surface area (Å²) in [4.78, 5) is 0. The molecule has 1 N–H and O–H groups in total. The van der Waals surface area contributed by atoms with Gasteiger partial charge in [-0.15, -0.1) is 0 Å². The lowest BCUT2D eigenvalue weighted by Gasteiger charge is -2.31. The molecule has 24 heavy (non-hydrogen) atoms. The van der Waals surface area contributed by atoms with Gasteiger partial charge < -0.3 is 5.32 Å². The fraction of sp³-hybridized carbons (Fsp3) is 0.263. The summed E-state index contributed by atoms with van der Waals surface area (Å²) in [5.41, 5.74) is 2.43. The Morgan fingerprint density at radius 2 is 1.67 bits per heavy atom. The molecule has 0 unspecified atom stereocenters. The van der Waals surface area contributed by atoms with Crippen LogP contribution in [0.3, 0.4) is 0 Å². The van der Waals surface area contributed by atoms with Crippen LogP contribution in [-0.2, 0) is 6.18 Å². The molecule has 1 aliphatic rings. The fourth-order valence-electron chi connectivity index (χ4n) is 3.08. The second-order valence-corrected chi connectivity index (χ2v) is 6.66. The van der Waals surface area contributed by atoms with Gasteiger partial charge in [-0.3, -0.25) is 0 Å². The first kappa shape index (κ1) is 16.6. The van der Waals surface area contributed by atoms with Crippen LogP contribution in [0.1, 0.15) is 31.9 Å². The van der Waals surface area contributed by atoms with Gasteiger partial charge in [0.2, 0.25) is 0 Å². The Morgan fingerprint density at radius 3 is 2.33 bits per heavy atom. The van der Waals surface area contributed by atoms with Gasteiger partial charge in [-0.2, -0.15) is 13.2 Å². The Morgan fingerprint density at radius 1 is 0.958 bits per heavy atom. The van der Waals surface area contributed by atoms with Crippen LogP contribution in [0, 0.1) is 5.82 Å². The number of benzene rings is 2. The van der Waals surface area contributed by atoms with Crippen LogP contribution >= 0.6 is 0 Å². The Kier molecular flexibility index (Phi) is 3.70. The molecule has 0 spiro atoms. The number of halogens is 4. The molecule has 1 nitrogen and oxygen atoms in total. The molecule has 126 valence electrons. The number of rotatable bonds is 1. The summed E-state index contributed by atoms with van der Waals surface area (Å²) >= 11 is 0. The van der Waals surface area contributed by atoms with E-state index in [0.717, 1.165) is 29.0 Å². The van der Waals surface area contributed by atoms with Crippen molar-refractivity contribution in [3.8, 4) is 11.1 Å². The van der Waals surface area contributed by atoms with Gasteiger partial charge in [0.1, 0.15) is 5.82 Å². The number of alkyl halides is 3. The van der Waals surface area contributed by atoms with Gasteiger partial charge in [0, 0.05) is 11.3 Å². The first-order valence-corrected chi connectivity index (χ1v) is 7.55. The molecule has 0 aromatic heterocycles. The summed E-state index contributed by atoms with van der Waals surface area (Å²) < 4.78 is 52.3. The number of fused-ring (bicyclic) bond motifs is 1. The minimum Gasteiger partial charge on any atom is -0.376 e. The zero-order valence-electron chi connectivity index (χ0n) is 13.6. The van der Waals surface area contributed by atoms with Crippen LogP contribution in [0.15, 0.2) is 42.5 Å². The van der Waals surface area contributed by atoms with Gasteiger partial charge in [-0.1, -0.05) is 12.1 Å². The lowest BCUT2D eigenvalue weighted by Crippen LogP contribution is -2.31. The molecule has 5 heteroatoms.